The second-order valence-electron chi connectivity index (χ2n) is 1.38. The third-order valence-electron chi connectivity index (χ3n) is 0.595. The largest absolute Gasteiger partial charge is 0.312 e. The van der Waals surface area contributed by atoms with Crippen molar-refractivity contribution in [2.75, 3.05) is 7.05 Å². The van der Waals surface area contributed by atoms with Gasteiger partial charge in [0.1, 0.15) is 0 Å². The molecule has 0 saturated heterocycles. The predicted octanol–water partition coefficient (Wildman–Crippen LogP) is -0.577. The Morgan fingerprint density at radius 3 is 1.88 bits per heavy atom. The van der Waals surface area contributed by atoms with Crippen LogP contribution in [0.5, 0.6) is 0 Å². The summed E-state index contributed by atoms with van der Waals surface area (Å²) in [6.07, 6.45) is 0. The van der Waals surface area contributed by atoms with E-state index in [-0.39, 0.29) is 5.06 Å². The Morgan fingerprint density at radius 2 is 1.88 bits per heavy atom. The zero-order valence-electron chi connectivity index (χ0n) is 4.71. The number of rotatable bonds is 1. The van der Waals surface area contributed by atoms with Crippen LogP contribution >= 0.6 is 0 Å². The fourth-order valence-electron chi connectivity index (χ4n) is 0.228. The van der Waals surface area contributed by atoms with Crippen LogP contribution in [0.4, 0.5) is 0 Å². The molecule has 0 bridgehead atoms. The molecule has 0 aliphatic rings. The van der Waals surface area contributed by atoms with Gasteiger partial charge in [0.25, 0.3) is 0 Å². The average molecular weight is 117 g/mol. The number of hydrogen-bond acceptors (Lipinski definition) is 3. The van der Waals surface area contributed by atoms with E-state index in [1.807, 2.05) is 0 Å². The first-order chi connectivity index (χ1) is 3.55. The first kappa shape index (κ1) is 7.10. The van der Waals surface area contributed by atoms with Gasteiger partial charge >= 0.3 is 5.91 Å². The van der Waals surface area contributed by atoms with E-state index >= 15 is 0 Å². The summed E-state index contributed by atoms with van der Waals surface area (Å²) >= 11 is 0. The van der Waals surface area contributed by atoms with Gasteiger partial charge in [-0.2, -0.15) is 0 Å². The second kappa shape index (κ2) is 2.42. The molecule has 0 saturated carbocycles. The first-order valence-electron chi connectivity index (χ1n) is 2.03. The minimum atomic E-state index is -0.898. The summed E-state index contributed by atoms with van der Waals surface area (Å²) in [7, 11) is 1.10. The first-order valence-corrected chi connectivity index (χ1v) is 2.03. The van der Waals surface area contributed by atoms with Gasteiger partial charge in [-0.1, -0.05) is 0 Å². The number of amides is 1. The smallest absolute Gasteiger partial charge is 0.289 e. The summed E-state index contributed by atoms with van der Waals surface area (Å²) in [6, 6.07) is 0. The molecule has 0 aromatic carbocycles. The van der Waals surface area contributed by atoms with Crippen LogP contribution in [0.15, 0.2) is 0 Å². The number of likely N-dealkylation sites (N-methyl/N-ethyl adjacent to an activating group) is 1. The third kappa shape index (κ3) is 1.70. The highest BCUT2D eigenvalue weighted by molar-refractivity contribution is 6.34. The zero-order chi connectivity index (χ0) is 6.73. The van der Waals surface area contributed by atoms with Crippen LogP contribution in [0.25, 0.3) is 0 Å². The van der Waals surface area contributed by atoms with Crippen LogP contribution < -0.4 is 0 Å². The quantitative estimate of drug-likeness (QED) is 0.284. The van der Waals surface area contributed by atoms with Crippen molar-refractivity contribution >= 4 is 11.7 Å². The van der Waals surface area contributed by atoms with Crippen molar-refractivity contribution in [1.82, 2.24) is 5.06 Å². The number of carbonyl (C=O) groups is 2. The average Bonchev–Trinajstić information content (AvgIpc) is 1.64. The van der Waals surface area contributed by atoms with Crippen molar-refractivity contribution in [3.05, 3.63) is 0 Å². The van der Waals surface area contributed by atoms with Gasteiger partial charge in [-0.15, -0.1) is 0 Å². The lowest BCUT2D eigenvalue weighted by Crippen LogP contribution is -2.28. The van der Waals surface area contributed by atoms with Gasteiger partial charge in [-0.25, -0.2) is 5.06 Å². The van der Waals surface area contributed by atoms with Crippen molar-refractivity contribution < 1.29 is 14.8 Å². The summed E-state index contributed by atoms with van der Waals surface area (Å²) < 4.78 is 0. The summed E-state index contributed by atoms with van der Waals surface area (Å²) in [4.78, 5) is 20.2. The Balaban J connectivity index is 3.84. The van der Waals surface area contributed by atoms with Gasteiger partial charge < -0.3 is 0 Å². The SMILES string of the molecule is CC(=O)C(=O)N(C)O. The van der Waals surface area contributed by atoms with Crippen molar-refractivity contribution in [3.63, 3.8) is 0 Å². The highest BCUT2D eigenvalue weighted by Gasteiger charge is 2.09. The Morgan fingerprint density at radius 1 is 1.50 bits per heavy atom. The van der Waals surface area contributed by atoms with Crippen molar-refractivity contribution in [2.24, 2.45) is 0 Å². The minimum absolute atomic E-state index is 0.252. The van der Waals surface area contributed by atoms with Gasteiger partial charge in [0, 0.05) is 14.0 Å². The Bertz CT molecular complexity index is 118. The Labute approximate surface area is 46.7 Å². The lowest BCUT2D eigenvalue weighted by Gasteiger charge is -2.02. The second-order valence-corrected chi connectivity index (χ2v) is 1.38. The molecule has 4 nitrogen and oxygen atoms in total. The molecule has 0 aromatic rings. The predicted molar refractivity (Wildman–Crippen MR) is 25.2 cm³/mol. The molecule has 0 unspecified atom stereocenters. The molecule has 0 radical (unpaired) electrons. The van der Waals surface area contributed by atoms with Crippen molar-refractivity contribution in [1.29, 1.82) is 0 Å². The summed E-state index contributed by atoms with van der Waals surface area (Å²) in [5, 5.41) is 8.51. The van der Waals surface area contributed by atoms with E-state index in [0.29, 0.717) is 0 Å². The van der Waals surface area contributed by atoms with E-state index < -0.39 is 11.7 Å². The molecule has 0 aliphatic carbocycles. The molecule has 0 rings (SSSR count). The molecule has 0 spiro atoms. The maximum Gasteiger partial charge on any atom is 0.312 e. The lowest BCUT2D eigenvalue weighted by molar-refractivity contribution is -0.164. The Hall–Kier alpha value is -0.900. The third-order valence-corrected chi connectivity index (χ3v) is 0.595. The highest BCUT2D eigenvalue weighted by atomic mass is 16.5. The fraction of sp³-hybridized carbons (Fsp3) is 0.500. The van der Waals surface area contributed by atoms with Crippen LogP contribution in [0.1, 0.15) is 6.92 Å². The highest BCUT2D eigenvalue weighted by Crippen LogP contribution is 1.77. The molecule has 1 amide bonds. The van der Waals surface area contributed by atoms with E-state index in [1.54, 1.807) is 0 Å². The van der Waals surface area contributed by atoms with Crippen molar-refractivity contribution in [2.45, 2.75) is 6.92 Å². The number of hydrogen-bond donors (Lipinski definition) is 1. The maximum atomic E-state index is 10.2. The van der Waals surface area contributed by atoms with Crippen LogP contribution in [0.2, 0.25) is 0 Å². The topological polar surface area (TPSA) is 57.6 Å². The molecule has 0 heterocycles. The standard InChI is InChI=1S/C4H7NO3/c1-3(6)4(7)5(2)8/h8H,1-2H3. The summed E-state index contributed by atoms with van der Waals surface area (Å²) in [5.74, 6) is -1.57. The number of ketones is 1. The number of hydroxylamine groups is 2. The van der Waals surface area contributed by atoms with Gasteiger partial charge in [-0.3, -0.25) is 14.8 Å². The van der Waals surface area contributed by atoms with Gasteiger partial charge in [-0.05, 0) is 0 Å². The molecule has 46 valence electrons. The van der Waals surface area contributed by atoms with E-state index in [2.05, 4.69) is 0 Å². The van der Waals surface area contributed by atoms with Crippen molar-refractivity contribution in [3.8, 4) is 0 Å². The van der Waals surface area contributed by atoms with Crippen LogP contribution in [-0.2, 0) is 9.59 Å². The monoisotopic (exact) mass is 117 g/mol. The van der Waals surface area contributed by atoms with E-state index in [1.165, 1.54) is 0 Å². The molecule has 0 aromatic heterocycles. The van der Waals surface area contributed by atoms with Crippen LogP contribution in [0.3, 0.4) is 0 Å². The normalized spacial score (nSPS) is 8.38. The van der Waals surface area contributed by atoms with Crippen LogP contribution in [0, 0.1) is 0 Å². The summed E-state index contributed by atoms with van der Waals surface area (Å²) in [5.41, 5.74) is 0. The van der Waals surface area contributed by atoms with E-state index in [9.17, 15) is 9.59 Å². The Kier molecular flexibility index (Phi) is 2.15. The number of carbonyl (C=O) groups excluding carboxylic acids is 2. The van der Waals surface area contributed by atoms with E-state index in [0.717, 1.165) is 14.0 Å². The molecular formula is C4H7NO3. The molecule has 0 aliphatic heterocycles. The molecule has 0 fully saturated rings. The molecular weight excluding hydrogens is 110 g/mol. The number of Topliss-reactive ketones (excluding diaryl/α,β-unsaturated/α-hetero) is 1. The lowest BCUT2D eigenvalue weighted by atomic mass is 10.4. The van der Waals surface area contributed by atoms with Gasteiger partial charge in [0.2, 0.25) is 5.78 Å². The van der Waals surface area contributed by atoms with Gasteiger partial charge in [0.15, 0.2) is 0 Å². The molecule has 8 heavy (non-hydrogen) atoms. The minimum Gasteiger partial charge on any atom is -0.289 e. The molecule has 4 heteroatoms. The summed E-state index contributed by atoms with van der Waals surface area (Å²) in [6.45, 7) is 1.09. The zero-order valence-corrected chi connectivity index (χ0v) is 4.71. The van der Waals surface area contributed by atoms with Crippen LogP contribution in [-0.4, -0.2) is 29.0 Å². The number of nitrogens with zero attached hydrogens (tertiary/aromatic N) is 1. The maximum absolute atomic E-state index is 10.2. The fourth-order valence-corrected chi connectivity index (χ4v) is 0.228. The van der Waals surface area contributed by atoms with E-state index in [4.69, 9.17) is 5.21 Å². The van der Waals surface area contributed by atoms with Gasteiger partial charge in [0.05, 0.1) is 0 Å². The molecule has 1 N–H and O–H groups in total. The molecule has 0 atom stereocenters.